The third-order valence-corrected chi connectivity index (χ3v) is 4.71. The number of amides is 1. The molecule has 0 bridgehead atoms. The van der Waals surface area contributed by atoms with E-state index in [1.54, 1.807) is 18.9 Å². The van der Waals surface area contributed by atoms with Gasteiger partial charge in [0.1, 0.15) is 5.75 Å². The van der Waals surface area contributed by atoms with E-state index >= 15 is 0 Å². The number of aryl methyl sites for hydroxylation is 2. The van der Waals surface area contributed by atoms with Gasteiger partial charge in [-0.05, 0) is 43.0 Å². The Bertz CT molecular complexity index is 640. The summed E-state index contributed by atoms with van der Waals surface area (Å²) in [4.78, 5) is 11.8. The fraction of sp³-hybridized carbons (Fsp3) is 0.350. The van der Waals surface area contributed by atoms with Gasteiger partial charge in [0.2, 0.25) is 5.91 Å². The van der Waals surface area contributed by atoms with Crippen LogP contribution in [-0.4, -0.2) is 25.3 Å². The van der Waals surface area contributed by atoms with Crippen molar-refractivity contribution in [1.82, 2.24) is 5.32 Å². The Balaban J connectivity index is 1.57. The van der Waals surface area contributed by atoms with Gasteiger partial charge in [0.05, 0.1) is 12.9 Å². The number of carbonyl (C=O) groups excluding carboxylic acids is 1. The number of hydrogen-bond acceptors (Lipinski definition) is 3. The van der Waals surface area contributed by atoms with Crippen LogP contribution in [-0.2, 0) is 17.0 Å². The molecule has 0 spiro atoms. The number of thioether (sulfide) groups is 1. The summed E-state index contributed by atoms with van der Waals surface area (Å²) in [6, 6.07) is 16.5. The molecule has 4 heteroatoms. The average molecular weight is 343 g/mol. The lowest BCUT2D eigenvalue weighted by molar-refractivity contribution is -0.118. The normalized spacial score (nSPS) is 10.4. The van der Waals surface area contributed by atoms with E-state index in [1.807, 2.05) is 12.1 Å². The highest BCUT2D eigenvalue weighted by Crippen LogP contribution is 2.14. The molecular weight excluding hydrogens is 318 g/mol. The molecule has 2 aromatic rings. The number of hydrogen-bond donors (Lipinski definition) is 1. The molecule has 3 nitrogen and oxygen atoms in total. The molecule has 1 N–H and O–H groups in total. The lowest BCUT2D eigenvalue weighted by Crippen LogP contribution is -2.26. The maximum atomic E-state index is 11.8. The Hall–Kier alpha value is -1.94. The molecule has 0 saturated heterocycles. The van der Waals surface area contributed by atoms with Gasteiger partial charge in [-0.3, -0.25) is 4.79 Å². The predicted molar refractivity (Wildman–Crippen MR) is 102 cm³/mol. The molecule has 128 valence electrons. The van der Waals surface area contributed by atoms with Gasteiger partial charge in [-0.15, -0.1) is 11.8 Å². The maximum Gasteiger partial charge on any atom is 0.230 e. The zero-order valence-electron chi connectivity index (χ0n) is 14.4. The zero-order chi connectivity index (χ0) is 17.2. The third kappa shape index (κ3) is 6.67. The highest BCUT2D eigenvalue weighted by Gasteiger charge is 2.02. The summed E-state index contributed by atoms with van der Waals surface area (Å²) in [5.41, 5.74) is 3.79. The molecule has 0 aromatic heterocycles. The number of benzene rings is 2. The molecule has 0 aliphatic rings. The van der Waals surface area contributed by atoms with Crippen LogP contribution in [0.2, 0.25) is 0 Å². The van der Waals surface area contributed by atoms with Crippen LogP contribution in [0.4, 0.5) is 0 Å². The van der Waals surface area contributed by atoms with Crippen LogP contribution in [0.15, 0.2) is 48.5 Å². The molecule has 0 saturated carbocycles. The van der Waals surface area contributed by atoms with Crippen molar-refractivity contribution in [2.24, 2.45) is 0 Å². The number of ether oxygens (including phenoxy) is 1. The van der Waals surface area contributed by atoms with Crippen molar-refractivity contribution >= 4 is 17.7 Å². The van der Waals surface area contributed by atoms with Crippen LogP contribution in [0.5, 0.6) is 5.75 Å². The summed E-state index contributed by atoms with van der Waals surface area (Å²) in [5.74, 6) is 2.37. The van der Waals surface area contributed by atoms with Crippen LogP contribution in [0, 0.1) is 6.92 Å². The van der Waals surface area contributed by atoms with E-state index in [-0.39, 0.29) is 5.91 Å². The van der Waals surface area contributed by atoms with E-state index in [0.29, 0.717) is 5.75 Å². The van der Waals surface area contributed by atoms with Gasteiger partial charge in [0.15, 0.2) is 0 Å². The first-order valence-corrected chi connectivity index (χ1v) is 9.36. The molecule has 0 aliphatic heterocycles. The van der Waals surface area contributed by atoms with Gasteiger partial charge in [0, 0.05) is 12.3 Å². The van der Waals surface area contributed by atoms with Crippen molar-refractivity contribution in [1.29, 1.82) is 0 Å². The van der Waals surface area contributed by atoms with E-state index in [9.17, 15) is 4.79 Å². The lowest BCUT2D eigenvalue weighted by atomic mass is 10.1. The van der Waals surface area contributed by atoms with Gasteiger partial charge < -0.3 is 10.1 Å². The largest absolute Gasteiger partial charge is 0.497 e. The number of nitrogens with one attached hydrogen (secondary N) is 1. The van der Waals surface area contributed by atoms with Gasteiger partial charge in [-0.25, -0.2) is 0 Å². The molecule has 0 radical (unpaired) electrons. The predicted octanol–water partition coefficient (Wildman–Crippen LogP) is 3.99. The molecule has 2 rings (SSSR count). The van der Waals surface area contributed by atoms with Crippen molar-refractivity contribution in [3.05, 3.63) is 65.2 Å². The topological polar surface area (TPSA) is 38.3 Å². The van der Waals surface area contributed by atoms with E-state index in [4.69, 9.17) is 4.74 Å². The van der Waals surface area contributed by atoms with Crippen LogP contribution in [0.1, 0.15) is 23.1 Å². The van der Waals surface area contributed by atoms with Crippen molar-refractivity contribution in [2.75, 3.05) is 19.4 Å². The van der Waals surface area contributed by atoms with Gasteiger partial charge >= 0.3 is 0 Å². The highest BCUT2D eigenvalue weighted by atomic mass is 32.2. The molecule has 0 aliphatic carbocycles. The van der Waals surface area contributed by atoms with Crippen molar-refractivity contribution < 1.29 is 9.53 Å². The van der Waals surface area contributed by atoms with E-state index in [2.05, 4.69) is 48.6 Å². The minimum atomic E-state index is 0.113. The van der Waals surface area contributed by atoms with Crippen molar-refractivity contribution in [2.45, 2.75) is 25.5 Å². The fourth-order valence-corrected chi connectivity index (χ4v) is 3.23. The maximum absolute atomic E-state index is 11.8. The molecule has 2 aromatic carbocycles. The zero-order valence-corrected chi connectivity index (χ0v) is 15.2. The quantitative estimate of drug-likeness (QED) is 0.700. The van der Waals surface area contributed by atoms with Crippen LogP contribution >= 0.6 is 11.8 Å². The third-order valence-electron chi connectivity index (χ3n) is 3.71. The Morgan fingerprint density at radius 2 is 1.92 bits per heavy atom. The van der Waals surface area contributed by atoms with Crippen LogP contribution in [0.3, 0.4) is 0 Å². The second-order valence-corrected chi connectivity index (χ2v) is 6.77. The molecule has 0 heterocycles. The molecule has 0 atom stereocenters. The van der Waals surface area contributed by atoms with Gasteiger partial charge in [-0.1, -0.05) is 42.0 Å². The summed E-state index contributed by atoms with van der Waals surface area (Å²) in [7, 11) is 1.67. The fourth-order valence-electron chi connectivity index (χ4n) is 2.43. The van der Waals surface area contributed by atoms with Crippen molar-refractivity contribution in [3.63, 3.8) is 0 Å². The first kappa shape index (κ1) is 18.4. The lowest BCUT2D eigenvalue weighted by Gasteiger charge is -2.06. The first-order valence-electron chi connectivity index (χ1n) is 8.20. The van der Waals surface area contributed by atoms with E-state index in [1.165, 1.54) is 16.7 Å². The monoisotopic (exact) mass is 343 g/mol. The standard InChI is InChI=1S/C20H25NO2S/c1-16-5-3-6-18(13-16)14-24-15-20(22)21-12-4-7-17-8-10-19(23-2)11-9-17/h3,5-6,8-11,13H,4,7,12,14-15H2,1-2H3,(H,21,22). The average Bonchev–Trinajstić information content (AvgIpc) is 2.59. The number of methoxy groups -OCH3 is 1. The Morgan fingerprint density at radius 1 is 1.12 bits per heavy atom. The number of carbonyl (C=O) groups is 1. The SMILES string of the molecule is COc1ccc(CCCNC(=O)CSCc2cccc(C)c2)cc1. The molecular formula is C20H25NO2S. The first-order chi connectivity index (χ1) is 11.7. The second-order valence-electron chi connectivity index (χ2n) is 5.78. The van der Waals surface area contributed by atoms with E-state index < -0.39 is 0 Å². The van der Waals surface area contributed by atoms with Crippen LogP contribution in [0.25, 0.3) is 0 Å². The Labute approximate surface area is 148 Å². The number of rotatable bonds is 9. The minimum Gasteiger partial charge on any atom is -0.497 e. The van der Waals surface area contributed by atoms with Crippen molar-refractivity contribution in [3.8, 4) is 5.75 Å². The van der Waals surface area contributed by atoms with E-state index in [0.717, 1.165) is 30.9 Å². The Morgan fingerprint density at radius 3 is 2.62 bits per heavy atom. The summed E-state index contributed by atoms with van der Waals surface area (Å²) in [5, 5.41) is 2.99. The summed E-state index contributed by atoms with van der Waals surface area (Å²) >= 11 is 1.66. The Kier molecular flexibility index (Phi) is 7.69. The molecule has 0 fully saturated rings. The summed E-state index contributed by atoms with van der Waals surface area (Å²) in [6.07, 6.45) is 1.90. The van der Waals surface area contributed by atoms with Gasteiger partial charge in [0.25, 0.3) is 0 Å². The highest BCUT2D eigenvalue weighted by molar-refractivity contribution is 7.99. The molecule has 1 amide bonds. The minimum absolute atomic E-state index is 0.113. The molecule has 24 heavy (non-hydrogen) atoms. The summed E-state index contributed by atoms with van der Waals surface area (Å²) in [6.45, 7) is 2.81. The van der Waals surface area contributed by atoms with Crippen LogP contribution < -0.4 is 10.1 Å². The second kappa shape index (κ2) is 10.0. The summed E-state index contributed by atoms with van der Waals surface area (Å²) < 4.78 is 5.14. The smallest absolute Gasteiger partial charge is 0.230 e. The van der Waals surface area contributed by atoms with Gasteiger partial charge in [-0.2, -0.15) is 0 Å². The molecule has 0 unspecified atom stereocenters.